The molecule has 0 radical (unpaired) electrons. The third-order valence-corrected chi connectivity index (χ3v) is 3.55. The van der Waals surface area contributed by atoms with Gasteiger partial charge in [-0.2, -0.15) is 5.10 Å². The van der Waals surface area contributed by atoms with Gasteiger partial charge in [-0.05, 0) is 24.3 Å². The molecule has 0 spiro atoms. The third kappa shape index (κ3) is 2.15. The SMILES string of the molecule is Fc1cccc(-c2ccc3ncc(-c4ccccc4)n3n2)c1. The Morgan fingerprint density at radius 3 is 2.45 bits per heavy atom. The Hall–Kier alpha value is -3.01. The zero-order valence-corrected chi connectivity index (χ0v) is 11.6. The van der Waals surface area contributed by atoms with E-state index in [1.54, 1.807) is 16.8 Å². The number of fused-ring (bicyclic) bond motifs is 1. The van der Waals surface area contributed by atoms with Gasteiger partial charge >= 0.3 is 0 Å². The Morgan fingerprint density at radius 1 is 0.818 bits per heavy atom. The summed E-state index contributed by atoms with van der Waals surface area (Å²) in [6.07, 6.45) is 1.80. The van der Waals surface area contributed by atoms with Gasteiger partial charge < -0.3 is 0 Å². The van der Waals surface area contributed by atoms with Crippen molar-refractivity contribution in [1.29, 1.82) is 0 Å². The predicted molar refractivity (Wildman–Crippen MR) is 83.8 cm³/mol. The Labute approximate surface area is 126 Å². The van der Waals surface area contributed by atoms with Gasteiger partial charge in [-0.3, -0.25) is 0 Å². The van der Waals surface area contributed by atoms with Gasteiger partial charge in [0, 0.05) is 11.1 Å². The molecule has 22 heavy (non-hydrogen) atoms. The van der Waals surface area contributed by atoms with E-state index in [0.29, 0.717) is 5.69 Å². The van der Waals surface area contributed by atoms with E-state index in [1.807, 2.05) is 48.5 Å². The number of nitrogens with zero attached hydrogens (tertiary/aromatic N) is 3. The van der Waals surface area contributed by atoms with E-state index >= 15 is 0 Å². The molecule has 0 saturated carbocycles. The molecule has 2 aromatic carbocycles. The molecule has 0 aliphatic heterocycles. The minimum Gasteiger partial charge on any atom is -0.235 e. The highest BCUT2D eigenvalue weighted by Gasteiger charge is 2.09. The summed E-state index contributed by atoms with van der Waals surface area (Å²) in [5.41, 5.74) is 4.17. The Kier molecular flexibility index (Phi) is 2.93. The highest BCUT2D eigenvalue weighted by molar-refractivity contribution is 5.65. The quantitative estimate of drug-likeness (QED) is 0.553. The van der Waals surface area contributed by atoms with Crippen molar-refractivity contribution in [3.8, 4) is 22.5 Å². The molecule has 3 nitrogen and oxygen atoms in total. The van der Waals surface area contributed by atoms with Crippen LogP contribution < -0.4 is 0 Å². The van der Waals surface area contributed by atoms with Crippen LogP contribution in [-0.2, 0) is 0 Å². The zero-order valence-electron chi connectivity index (χ0n) is 11.6. The van der Waals surface area contributed by atoms with Crippen LogP contribution in [0.3, 0.4) is 0 Å². The minimum atomic E-state index is -0.270. The number of aromatic nitrogens is 3. The highest BCUT2D eigenvalue weighted by atomic mass is 19.1. The van der Waals surface area contributed by atoms with Crippen LogP contribution in [0.25, 0.3) is 28.2 Å². The first-order chi connectivity index (χ1) is 10.8. The van der Waals surface area contributed by atoms with Gasteiger partial charge in [0.2, 0.25) is 0 Å². The van der Waals surface area contributed by atoms with Crippen LogP contribution in [-0.4, -0.2) is 14.6 Å². The van der Waals surface area contributed by atoms with Crippen molar-refractivity contribution >= 4 is 5.65 Å². The van der Waals surface area contributed by atoms with E-state index in [2.05, 4.69) is 10.1 Å². The van der Waals surface area contributed by atoms with Gasteiger partial charge in [-0.25, -0.2) is 13.9 Å². The fourth-order valence-corrected chi connectivity index (χ4v) is 2.48. The summed E-state index contributed by atoms with van der Waals surface area (Å²) >= 11 is 0. The fourth-order valence-electron chi connectivity index (χ4n) is 2.48. The summed E-state index contributed by atoms with van der Waals surface area (Å²) in [6.45, 7) is 0. The van der Waals surface area contributed by atoms with Gasteiger partial charge in [0.25, 0.3) is 0 Å². The molecule has 0 atom stereocenters. The largest absolute Gasteiger partial charge is 0.235 e. The van der Waals surface area contributed by atoms with Crippen LogP contribution in [0.1, 0.15) is 0 Å². The molecule has 4 aromatic rings. The summed E-state index contributed by atoms with van der Waals surface area (Å²) in [5, 5.41) is 4.61. The topological polar surface area (TPSA) is 30.2 Å². The minimum absolute atomic E-state index is 0.270. The lowest BCUT2D eigenvalue weighted by molar-refractivity contribution is 0.628. The molecule has 0 N–H and O–H groups in total. The van der Waals surface area contributed by atoms with Crippen molar-refractivity contribution in [1.82, 2.24) is 14.6 Å². The molecular formula is C18H12FN3. The lowest BCUT2D eigenvalue weighted by Crippen LogP contribution is -1.96. The fraction of sp³-hybridized carbons (Fsp3) is 0. The molecule has 0 saturated heterocycles. The van der Waals surface area contributed by atoms with Crippen molar-refractivity contribution in [2.45, 2.75) is 0 Å². The number of benzene rings is 2. The molecule has 4 rings (SSSR count). The average Bonchev–Trinajstić information content (AvgIpc) is 2.99. The summed E-state index contributed by atoms with van der Waals surface area (Å²) in [4.78, 5) is 4.37. The van der Waals surface area contributed by atoms with Crippen LogP contribution >= 0.6 is 0 Å². The van der Waals surface area contributed by atoms with Crippen molar-refractivity contribution in [2.24, 2.45) is 0 Å². The normalized spacial score (nSPS) is 11.0. The number of hydrogen-bond acceptors (Lipinski definition) is 2. The van der Waals surface area contributed by atoms with Crippen molar-refractivity contribution in [2.75, 3.05) is 0 Å². The van der Waals surface area contributed by atoms with Crippen LogP contribution in [0.4, 0.5) is 4.39 Å². The third-order valence-electron chi connectivity index (χ3n) is 3.55. The van der Waals surface area contributed by atoms with Crippen LogP contribution in [0.15, 0.2) is 72.9 Å². The number of hydrogen-bond donors (Lipinski definition) is 0. The standard InChI is InChI=1S/C18H12FN3/c19-15-8-4-7-14(11-15)16-9-10-18-20-12-17(22(18)21-16)13-5-2-1-3-6-13/h1-12H. The molecular weight excluding hydrogens is 277 g/mol. The summed E-state index contributed by atoms with van der Waals surface area (Å²) in [6, 6.07) is 20.1. The Morgan fingerprint density at radius 2 is 1.64 bits per heavy atom. The lowest BCUT2D eigenvalue weighted by atomic mass is 10.1. The maximum absolute atomic E-state index is 13.4. The summed E-state index contributed by atoms with van der Waals surface area (Å²) in [5.74, 6) is -0.270. The molecule has 2 aromatic heterocycles. The molecule has 0 unspecified atom stereocenters. The predicted octanol–water partition coefficient (Wildman–Crippen LogP) is 4.20. The van der Waals surface area contributed by atoms with E-state index in [1.165, 1.54) is 12.1 Å². The first-order valence-electron chi connectivity index (χ1n) is 6.97. The van der Waals surface area contributed by atoms with Gasteiger partial charge in [0.15, 0.2) is 5.65 Å². The van der Waals surface area contributed by atoms with E-state index in [-0.39, 0.29) is 5.82 Å². The second-order valence-corrected chi connectivity index (χ2v) is 5.01. The molecule has 0 aliphatic carbocycles. The Bertz CT molecular complexity index is 945. The first-order valence-corrected chi connectivity index (χ1v) is 6.97. The summed E-state index contributed by atoms with van der Waals surface area (Å²) < 4.78 is 15.2. The van der Waals surface area contributed by atoms with Gasteiger partial charge in [-0.1, -0.05) is 42.5 Å². The van der Waals surface area contributed by atoms with Gasteiger partial charge in [0.05, 0.1) is 17.6 Å². The van der Waals surface area contributed by atoms with E-state index in [9.17, 15) is 4.39 Å². The van der Waals surface area contributed by atoms with E-state index in [0.717, 1.165) is 22.5 Å². The van der Waals surface area contributed by atoms with E-state index < -0.39 is 0 Å². The smallest absolute Gasteiger partial charge is 0.154 e. The molecule has 106 valence electrons. The maximum atomic E-state index is 13.4. The van der Waals surface area contributed by atoms with Crippen LogP contribution in [0.5, 0.6) is 0 Å². The van der Waals surface area contributed by atoms with Gasteiger partial charge in [-0.15, -0.1) is 0 Å². The molecule has 0 amide bonds. The molecule has 0 bridgehead atoms. The number of rotatable bonds is 2. The molecule has 0 fully saturated rings. The summed E-state index contributed by atoms with van der Waals surface area (Å²) in [7, 11) is 0. The molecule has 2 heterocycles. The number of halogens is 1. The number of imidazole rings is 1. The van der Waals surface area contributed by atoms with Crippen LogP contribution in [0, 0.1) is 5.82 Å². The molecule has 4 heteroatoms. The maximum Gasteiger partial charge on any atom is 0.154 e. The van der Waals surface area contributed by atoms with Crippen molar-refractivity contribution in [3.05, 3.63) is 78.7 Å². The second-order valence-electron chi connectivity index (χ2n) is 5.01. The molecule has 0 aliphatic rings. The average molecular weight is 289 g/mol. The highest BCUT2D eigenvalue weighted by Crippen LogP contribution is 2.23. The Balaban J connectivity index is 1.90. The van der Waals surface area contributed by atoms with Crippen LogP contribution in [0.2, 0.25) is 0 Å². The van der Waals surface area contributed by atoms with Crippen molar-refractivity contribution < 1.29 is 4.39 Å². The first kappa shape index (κ1) is 12.7. The van der Waals surface area contributed by atoms with Gasteiger partial charge in [0.1, 0.15) is 5.82 Å². The van der Waals surface area contributed by atoms with E-state index in [4.69, 9.17) is 0 Å². The monoisotopic (exact) mass is 289 g/mol. The second kappa shape index (κ2) is 5.07. The zero-order chi connectivity index (χ0) is 14.9. The lowest BCUT2D eigenvalue weighted by Gasteiger charge is -2.04. The van der Waals surface area contributed by atoms with Crippen molar-refractivity contribution in [3.63, 3.8) is 0 Å².